The van der Waals surface area contributed by atoms with Crippen molar-refractivity contribution in [3.8, 4) is 0 Å². The van der Waals surface area contributed by atoms with Crippen LogP contribution in [0.15, 0.2) is 30.5 Å². The number of carbonyl (C=O) groups is 4. The van der Waals surface area contributed by atoms with Gasteiger partial charge >= 0.3 is 0 Å². The van der Waals surface area contributed by atoms with Crippen LogP contribution in [0.5, 0.6) is 0 Å². The molecular weight excluding hydrogens is 632 g/mol. The van der Waals surface area contributed by atoms with E-state index < -0.39 is 47.7 Å². The lowest BCUT2D eigenvalue weighted by atomic mass is 9.79. The van der Waals surface area contributed by atoms with E-state index in [1.165, 1.54) is 18.3 Å². The van der Waals surface area contributed by atoms with Crippen LogP contribution in [0.2, 0.25) is 0 Å². The minimum absolute atomic E-state index is 0.0691. The number of nitrogens with one attached hydrogen (secondary N) is 3. The smallest absolute Gasteiger partial charge is 0.270 e. The van der Waals surface area contributed by atoms with Gasteiger partial charge in [-0.1, -0.05) is 32.8 Å². The lowest BCUT2D eigenvalue weighted by Gasteiger charge is -2.40. The van der Waals surface area contributed by atoms with E-state index in [1.54, 1.807) is 28.6 Å². The molecule has 2 aromatic rings. The van der Waals surface area contributed by atoms with Crippen LogP contribution < -0.4 is 16.0 Å². The number of carbonyl (C=O) groups excluding carboxylic acids is 4. The third-order valence-electron chi connectivity index (χ3n) is 10.7. The highest BCUT2D eigenvalue weighted by atomic mass is 19.1. The molecule has 2 saturated carbocycles. The molecule has 1 aliphatic heterocycles. The maximum absolute atomic E-state index is 15.8. The number of halogens is 2. The van der Waals surface area contributed by atoms with Crippen LogP contribution in [-0.2, 0) is 20.9 Å². The van der Waals surface area contributed by atoms with Crippen molar-refractivity contribution < 1.29 is 28.0 Å². The van der Waals surface area contributed by atoms with E-state index in [1.807, 2.05) is 20.9 Å². The Morgan fingerprint density at radius 1 is 0.959 bits per heavy atom. The average molecular weight is 684 g/mol. The Labute approximate surface area is 287 Å². The third-order valence-corrected chi connectivity index (χ3v) is 10.7. The lowest BCUT2D eigenvalue weighted by molar-refractivity contribution is -0.140. The van der Waals surface area contributed by atoms with Gasteiger partial charge in [-0.15, -0.1) is 0 Å². The van der Waals surface area contributed by atoms with E-state index >= 15 is 4.39 Å². The van der Waals surface area contributed by atoms with Crippen LogP contribution in [0, 0.1) is 23.6 Å². The number of amides is 4. The van der Waals surface area contributed by atoms with Gasteiger partial charge in [0.15, 0.2) is 6.17 Å². The quantitative estimate of drug-likeness (QED) is 0.309. The van der Waals surface area contributed by atoms with Crippen LogP contribution in [0.4, 0.5) is 14.5 Å². The zero-order valence-electron chi connectivity index (χ0n) is 29.3. The van der Waals surface area contributed by atoms with Gasteiger partial charge in [0.1, 0.15) is 23.6 Å². The highest BCUT2D eigenvalue weighted by Gasteiger charge is 2.41. The molecular formula is C36H51F2N7O4. The summed E-state index contributed by atoms with van der Waals surface area (Å²) in [7, 11) is 1.98. The SMILES string of the molecule is CCn1nccc1C(=O)N[C@H](C(=O)Nc1ccc([C@H](C)C(NC(=O)C(F)C2CC2)C(=O)N2CCN(C)[C@H](C)C2)cc1F)C1CCC(C)CC1. The fourth-order valence-corrected chi connectivity index (χ4v) is 7.01. The molecule has 5 rings (SSSR count). The van der Waals surface area contributed by atoms with Crippen molar-refractivity contribution in [1.29, 1.82) is 0 Å². The Morgan fingerprint density at radius 2 is 1.65 bits per heavy atom. The molecule has 268 valence electrons. The number of hydrogen-bond donors (Lipinski definition) is 3. The van der Waals surface area contributed by atoms with Gasteiger partial charge in [0.05, 0.1) is 5.69 Å². The summed E-state index contributed by atoms with van der Waals surface area (Å²) in [6, 6.07) is 3.97. The molecule has 0 spiro atoms. The van der Waals surface area contributed by atoms with Crippen LogP contribution in [0.3, 0.4) is 0 Å². The number of nitrogens with zero attached hydrogens (tertiary/aromatic N) is 4. The molecule has 4 amide bonds. The maximum Gasteiger partial charge on any atom is 0.270 e. The first-order valence-electron chi connectivity index (χ1n) is 17.7. The molecule has 2 unspecified atom stereocenters. The van der Waals surface area contributed by atoms with Gasteiger partial charge in [0, 0.05) is 44.3 Å². The van der Waals surface area contributed by atoms with Crippen LogP contribution in [0.25, 0.3) is 0 Å². The highest BCUT2D eigenvalue weighted by Crippen LogP contribution is 2.35. The summed E-state index contributed by atoms with van der Waals surface area (Å²) in [5.74, 6) is -3.47. The standard InChI is InChI=1S/C36H51F2N7O4/c1-6-45-29(15-16-39-45)33(46)42-32(25-9-7-21(2)8-10-25)35(48)40-28-14-13-26(19-27(28)37)23(4)31(41-34(47)30(38)24-11-12-24)36(49)44-18-17-43(5)22(3)20-44/h13-16,19,21-25,30-32H,6-12,17-18,20H2,1-5H3,(H,40,48)(H,41,47)(H,42,46)/t21?,22-,23+,25?,30?,31?,32+/m1/s1. The number of aromatic nitrogens is 2. The van der Waals surface area contributed by atoms with Crippen molar-refractivity contribution in [2.75, 3.05) is 32.0 Å². The fraction of sp³-hybridized carbons (Fsp3) is 0.639. The van der Waals surface area contributed by atoms with Crippen LogP contribution >= 0.6 is 0 Å². The second-order valence-electron chi connectivity index (χ2n) is 14.4. The first-order valence-corrected chi connectivity index (χ1v) is 17.7. The fourth-order valence-electron chi connectivity index (χ4n) is 7.01. The highest BCUT2D eigenvalue weighted by molar-refractivity contribution is 6.00. The summed E-state index contributed by atoms with van der Waals surface area (Å²) in [5, 5.41) is 12.4. The largest absolute Gasteiger partial charge is 0.341 e. The molecule has 0 radical (unpaired) electrons. The Morgan fingerprint density at radius 3 is 2.29 bits per heavy atom. The molecule has 5 atom stereocenters. The predicted molar refractivity (Wildman–Crippen MR) is 182 cm³/mol. The first kappa shape index (κ1) is 36.4. The number of anilines is 1. The topological polar surface area (TPSA) is 129 Å². The van der Waals surface area contributed by atoms with Gasteiger partial charge < -0.3 is 25.8 Å². The van der Waals surface area contributed by atoms with Crippen molar-refractivity contribution >= 4 is 29.3 Å². The number of benzene rings is 1. The third kappa shape index (κ3) is 8.66. The Balaban J connectivity index is 1.33. The Bertz CT molecular complexity index is 1510. The first-order chi connectivity index (χ1) is 23.4. The molecule has 13 heteroatoms. The van der Waals surface area contributed by atoms with Gasteiger partial charge in [0.2, 0.25) is 11.8 Å². The van der Waals surface area contributed by atoms with E-state index in [9.17, 15) is 23.6 Å². The second-order valence-corrected chi connectivity index (χ2v) is 14.4. The summed E-state index contributed by atoms with van der Waals surface area (Å²) < 4.78 is 32.1. The summed E-state index contributed by atoms with van der Waals surface area (Å²) in [4.78, 5) is 57.6. The van der Waals surface area contributed by atoms with Gasteiger partial charge in [-0.2, -0.15) is 5.10 Å². The van der Waals surface area contributed by atoms with Gasteiger partial charge in [-0.3, -0.25) is 23.9 Å². The second kappa shape index (κ2) is 15.8. The number of likely N-dealkylation sites (N-methyl/N-ethyl adjacent to an activating group) is 1. The van der Waals surface area contributed by atoms with Gasteiger partial charge in [-0.25, -0.2) is 8.78 Å². The molecule has 11 nitrogen and oxygen atoms in total. The molecule has 1 saturated heterocycles. The Kier molecular flexibility index (Phi) is 11.7. The van der Waals surface area contributed by atoms with E-state index in [-0.39, 0.29) is 29.5 Å². The summed E-state index contributed by atoms with van der Waals surface area (Å²) in [6.07, 6.45) is 4.43. The summed E-state index contributed by atoms with van der Waals surface area (Å²) in [6.45, 7) is 9.80. The molecule has 3 aliphatic rings. The van der Waals surface area contributed by atoms with Crippen LogP contribution in [0.1, 0.15) is 88.2 Å². The van der Waals surface area contributed by atoms with Crippen LogP contribution in [-0.4, -0.2) is 94.2 Å². The molecule has 3 N–H and O–H groups in total. The van der Waals surface area contributed by atoms with Crippen molar-refractivity contribution in [1.82, 2.24) is 30.2 Å². The number of hydrogen-bond acceptors (Lipinski definition) is 6. The molecule has 1 aromatic heterocycles. The van der Waals surface area contributed by atoms with Crippen molar-refractivity contribution in [3.05, 3.63) is 47.5 Å². The van der Waals surface area contributed by atoms with Crippen molar-refractivity contribution in [2.45, 2.75) is 103 Å². The average Bonchev–Trinajstić information content (AvgIpc) is 3.83. The molecule has 1 aromatic carbocycles. The summed E-state index contributed by atoms with van der Waals surface area (Å²) in [5.41, 5.74) is 0.685. The zero-order chi connectivity index (χ0) is 35.4. The van der Waals surface area contributed by atoms with Gasteiger partial charge in [-0.05, 0) is 88.1 Å². The monoisotopic (exact) mass is 683 g/mol. The minimum atomic E-state index is -1.70. The van der Waals surface area contributed by atoms with Crippen molar-refractivity contribution in [3.63, 3.8) is 0 Å². The molecule has 49 heavy (non-hydrogen) atoms. The zero-order valence-corrected chi connectivity index (χ0v) is 29.3. The lowest BCUT2D eigenvalue weighted by Crippen LogP contribution is -2.58. The number of alkyl halides is 1. The van der Waals surface area contributed by atoms with E-state index in [0.29, 0.717) is 56.2 Å². The number of aryl methyl sites for hydroxylation is 1. The Hall–Kier alpha value is -3.87. The van der Waals surface area contributed by atoms with E-state index in [2.05, 4.69) is 32.9 Å². The maximum atomic E-state index is 15.8. The minimum Gasteiger partial charge on any atom is -0.341 e. The number of rotatable bonds is 12. The summed E-state index contributed by atoms with van der Waals surface area (Å²) >= 11 is 0. The molecule has 3 fully saturated rings. The molecule has 2 aliphatic carbocycles. The predicted octanol–water partition coefficient (Wildman–Crippen LogP) is 4.10. The van der Waals surface area contributed by atoms with E-state index in [0.717, 1.165) is 25.7 Å². The number of piperazine rings is 1. The van der Waals surface area contributed by atoms with E-state index in [4.69, 9.17) is 0 Å². The molecule has 2 heterocycles. The normalized spacial score (nSPS) is 24.0. The molecule has 0 bridgehead atoms. The van der Waals surface area contributed by atoms with Gasteiger partial charge in [0.25, 0.3) is 11.8 Å². The van der Waals surface area contributed by atoms with Crippen molar-refractivity contribution in [2.24, 2.45) is 17.8 Å².